The van der Waals surface area contributed by atoms with Gasteiger partial charge in [0, 0.05) is 32.1 Å². The van der Waals surface area contributed by atoms with Gasteiger partial charge in [-0.2, -0.15) is 0 Å². The summed E-state index contributed by atoms with van der Waals surface area (Å²) in [5.74, 6) is 0.268. The Morgan fingerprint density at radius 3 is 2.85 bits per heavy atom. The van der Waals surface area contributed by atoms with Crippen molar-refractivity contribution in [2.24, 2.45) is 0 Å². The first kappa shape index (κ1) is 18.3. The smallest absolute Gasteiger partial charge is 0.123 e. The van der Waals surface area contributed by atoms with Crippen LogP contribution in [0.4, 0.5) is 15.8 Å². The number of rotatable bonds is 6. The van der Waals surface area contributed by atoms with E-state index in [-0.39, 0.29) is 5.82 Å². The lowest BCUT2D eigenvalue weighted by Gasteiger charge is -2.35. The van der Waals surface area contributed by atoms with E-state index in [1.165, 1.54) is 29.1 Å². The number of anilines is 2. The van der Waals surface area contributed by atoms with Crippen LogP contribution in [0.25, 0.3) is 0 Å². The number of nitrogens with zero attached hydrogens (tertiary/aromatic N) is 1. The molecule has 0 radical (unpaired) electrons. The van der Waals surface area contributed by atoms with Gasteiger partial charge in [0.15, 0.2) is 0 Å². The monoisotopic (exact) mass is 369 g/mol. The number of aliphatic hydroxyl groups excluding tert-OH is 1. The Kier molecular flexibility index (Phi) is 5.32. The fraction of sp³-hybridized carbons (Fsp3) is 0.455. The minimum absolute atomic E-state index is 0.263. The van der Waals surface area contributed by atoms with Crippen molar-refractivity contribution >= 4 is 11.4 Å². The number of fused-ring (bicyclic) bond motifs is 3. The van der Waals surface area contributed by atoms with E-state index >= 15 is 0 Å². The largest absolute Gasteiger partial charge is 0.388 e. The van der Waals surface area contributed by atoms with E-state index in [2.05, 4.69) is 33.7 Å². The van der Waals surface area contributed by atoms with Crippen LogP contribution in [0.2, 0.25) is 0 Å². The molecule has 3 unspecified atom stereocenters. The number of likely N-dealkylation sites (tertiary alicyclic amines) is 1. The number of piperidine rings is 1. The molecule has 2 aliphatic heterocycles. The van der Waals surface area contributed by atoms with Crippen LogP contribution in [-0.2, 0) is 0 Å². The highest BCUT2D eigenvalue weighted by molar-refractivity contribution is 5.76. The molecule has 2 aromatic rings. The first-order chi connectivity index (χ1) is 13.2. The second-order valence-electron chi connectivity index (χ2n) is 7.68. The van der Waals surface area contributed by atoms with E-state index in [9.17, 15) is 9.50 Å². The summed E-state index contributed by atoms with van der Waals surface area (Å²) in [4.78, 5) is 2.52. The quantitative estimate of drug-likeness (QED) is 0.721. The van der Waals surface area contributed by atoms with Gasteiger partial charge in [-0.3, -0.25) is 0 Å². The van der Waals surface area contributed by atoms with E-state index in [0.29, 0.717) is 18.4 Å². The lowest BCUT2D eigenvalue weighted by molar-refractivity contribution is 0.146. The summed E-state index contributed by atoms with van der Waals surface area (Å²) in [5, 5.41) is 17.3. The van der Waals surface area contributed by atoms with Crippen molar-refractivity contribution in [3.8, 4) is 0 Å². The molecule has 0 amide bonds. The minimum Gasteiger partial charge on any atom is -0.388 e. The van der Waals surface area contributed by atoms with Gasteiger partial charge in [-0.15, -0.1) is 0 Å². The van der Waals surface area contributed by atoms with Crippen molar-refractivity contribution in [1.29, 1.82) is 0 Å². The molecule has 4 nitrogen and oxygen atoms in total. The van der Waals surface area contributed by atoms with E-state index in [1.54, 1.807) is 12.1 Å². The Bertz CT molecular complexity index is 780. The summed E-state index contributed by atoms with van der Waals surface area (Å²) in [6.45, 7) is 3.14. The van der Waals surface area contributed by atoms with Crippen LogP contribution in [0.1, 0.15) is 42.4 Å². The molecule has 0 saturated carbocycles. The third-order valence-electron chi connectivity index (χ3n) is 6.00. The molecule has 5 heteroatoms. The number of halogens is 1. The second kappa shape index (κ2) is 7.87. The highest BCUT2D eigenvalue weighted by Crippen LogP contribution is 2.43. The number of hydrogen-bond acceptors (Lipinski definition) is 4. The maximum absolute atomic E-state index is 13.0. The van der Waals surface area contributed by atoms with E-state index < -0.39 is 6.10 Å². The Morgan fingerprint density at radius 1 is 1.26 bits per heavy atom. The summed E-state index contributed by atoms with van der Waals surface area (Å²) < 4.78 is 13.0. The van der Waals surface area contributed by atoms with Crippen LogP contribution in [0.5, 0.6) is 0 Å². The van der Waals surface area contributed by atoms with Crippen molar-refractivity contribution in [1.82, 2.24) is 4.90 Å². The van der Waals surface area contributed by atoms with Crippen LogP contribution in [0.15, 0.2) is 42.5 Å². The molecule has 0 spiro atoms. The molecule has 3 atom stereocenters. The Hall–Kier alpha value is -2.11. The van der Waals surface area contributed by atoms with Gasteiger partial charge in [0.05, 0.1) is 17.5 Å². The Labute approximate surface area is 160 Å². The van der Waals surface area contributed by atoms with Crippen LogP contribution < -0.4 is 10.6 Å². The van der Waals surface area contributed by atoms with E-state index in [4.69, 9.17) is 0 Å². The fourth-order valence-corrected chi connectivity index (χ4v) is 4.50. The predicted octanol–water partition coefficient (Wildman–Crippen LogP) is 3.96. The minimum atomic E-state index is -0.518. The molecule has 3 N–H and O–H groups in total. The van der Waals surface area contributed by atoms with Crippen LogP contribution in [0.3, 0.4) is 0 Å². The maximum Gasteiger partial charge on any atom is 0.123 e. The first-order valence-corrected chi connectivity index (χ1v) is 9.89. The maximum atomic E-state index is 13.0. The molecule has 4 rings (SSSR count). The zero-order valence-corrected chi connectivity index (χ0v) is 15.8. The molecule has 0 aromatic heterocycles. The van der Waals surface area contributed by atoms with Crippen molar-refractivity contribution in [3.05, 3.63) is 59.4 Å². The van der Waals surface area contributed by atoms with Gasteiger partial charge in [-0.25, -0.2) is 4.39 Å². The second-order valence-corrected chi connectivity index (χ2v) is 7.68. The van der Waals surface area contributed by atoms with Crippen molar-refractivity contribution < 1.29 is 9.50 Å². The summed E-state index contributed by atoms with van der Waals surface area (Å²) >= 11 is 0. The zero-order valence-electron chi connectivity index (χ0n) is 15.8. The van der Waals surface area contributed by atoms with Gasteiger partial charge in [0.2, 0.25) is 0 Å². The molecule has 1 fully saturated rings. The normalized spacial score (nSPS) is 22.6. The van der Waals surface area contributed by atoms with Gasteiger partial charge >= 0.3 is 0 Å². The van der Waals surface area contributed by atoms with Gasteiger partial charge in [0.25, 0.3) is 0 Å². The molecule has 2 aromatic carbocycles. The number of benzene rings is 2. The van der Waals surface area contributed by atoms with Crippen molar-refractivity contribution in [3.63, 3.8) is 0 Å². The molecule has 2 heterocycles. The third-order valence-corrected chi connectivity index (χ3v) is 6.00. The summed E-state index contributed by atoms with van der Waals surface area (Å²) in [5.41, 5.74) is 4.66. The zero-order chi connectivity index (χ0) is 18.8. The highest BCUT2D eigenvalue weighted by atomic mass is 19.1. The molecule has 0 bridgehead atoms. The third kappa shape index (κ3) is 3.80. The van der Waals surface area contributed by atoms with Crippen LogP contribution in [-0.4, -0.2) is 42.7 Å². The lowest BCUT2D eigenvalue weighted by Crippen LogP contribution is -2.42. The number of aliphatic hydroxyl groups is 1. The van der Waals surface area contributed by atoms with Crippen LogP contribution in [0, 0.1) is 5.82 Å². The fourth-order valence-electron chi connectivity index (χ4n) is 4.50. The summed E-state index contributed by atoms with van der Waals surface area (Å²) in [7, 11) is 1.97. The Morgan fingerprint density at radius 2 is 2.07 bits per heavy atom. The van der Waals surface area contributed by atoms with Gasteiger partial charge < -0.3 is 20.6 Å². The molecule has 0 aliphatic carbocycles. The van der Waals surface area contributed by atoms with Gasteiger partial charge in [0.1, 0.15) is 5.82 Å². The van der Waals surface area contributed by atoms with Crippen molar-refractivity contribution in [2.45, 2.75) is 37.3 Å². The number of para-hydroxylation sites is 1. The molecule has 27 heavy (non-hydrogen) atoms. The predicted molar refractivity (Wildman–Crippen MR) is 108 cm³/mol. The van der Waals surface area contributed by atoms with Gasteiger partial charge in [-0.05, 0) is 55.1 Å². The van der Waals surface area contributed by atoms with Crippen LogP contribution >= 0.6 is 0 Å². The van der Waals surface area contributed by atoms with Gasteiger partial charge in [-0.1, -0.05) is 24.3 Å². The molecular formula is C22H28FN3O. The number of hydrogen-bond donors (Lipinski definition) is 3. The molecule has 144 valence electrons. The molecule has 1 saturated heterocycles. The van der Waals surface area contributed by atoms with E-state index in [1.807, 2.05) is 7.05 Å². The Balaban J connectivity index is 1.32. The lowest BCUT2D eigenvalue weighted by atomic mass is 9.89. The van der Waals surface area contributed by atoms with Crippen molar-refractivity contribution in [2.75, 3.05) is 37.3 Å². The average molecular weight is 369 g/mol. The average Bonchev–Trinajstić information content (AvgIpc) is 3.06. The first-order valence-electron chi connectivity index (χ1n) is 9.89. The highest BCUT2D eigenvalue weighted by Gasteiger charge is 2.37. The SMILES string of the molecule is CNc1cccc2c1NC1CCN(CCCC(O)c3ccc(F)cc3)CC21. The summed E-state index contributed by atoms with van der Waals surface area (Å²) in [6, 6.07) is 13.2. The topological polar surface area (TPSA) is 47.5 Å². The molecule has 2 aliphatic rings. The standard InChI is InChI=1S/C22H28FN3O/c1-24-20-5-2-4-17-18-14-26(13-11-19(18)25-22(17)20)12-3-6-21(27)15-7-9-16(23)10-8-15/h2,4-5,7-10,18-19,21,24-25,27H,3,6,11-14H2,1H3. The molecular weight excluding hydrogens is 341 g/mol. The van der Waals surface area contributed by atoms with E-state index in [0.717, 1.165) is 38.0 Å². The number of nitrogens with one attached hydrogen (secondary N) is 2. The summed E-state index contributed by atoms with van der Waals surface area (Å²) in [6.07, 6.45) is 2.26.